The predicted molar refractivity (Wildman–Crippen MR) is 112 cm³/mol. The largest absolute Gasteiger partial charge is 0.483 e. The van der Waals surface area contributed by atoms with E-state index in [2.05, 4.69) is 39.7 Å². The Bertz CT molecular complexity index is 908. The minimum absolute atomic E-state index is 0.140. The Morgan fingerprint density at radius 3 is 2.81 bits per heavy atom. The molecule has 1 saturated carbocycles. The van der Waals surface area contributed by atoms with Crippen LogP contribution < -0.4 is 11.1 Å². The SMILES string of the molecule is C[C@H](N)Cc1sc2c(NCc3cccs3)nc(Cl)nc2c1C1CC1.O=CO. The highest BCUT2D eigenvalue weighted by Gasteiger charge is 2.31. The van der Waals surface area contributed by atoms with Crippen molar-refractivity contribution in [3.05, 3.63) is 38.1 Å². The van der Waals surface area contributed by atoms with Gasteiger partial charge in [-0.05, 0) is 60.7 Å². The second kappa shape index (κ2) is 8.97. The third-order valence-corrected chi connectivity index (χ3v) is 6.39. The molecule has 1 aliphatic rings. The maximum Gasteiger partial charge on any atom is 0.290 e. The van der Waals surface area contributed by atoms with Crippen LogP contribution in [-0.2, 0) is 17.8 Å². The number of carbonyl (C=O) groups is 1. The summed E-state index contributed by atoms with van der Waals surface area (Å²) in [5.74, 6) is 1.45. The lowest BCUT2D eigenvalue weighted by Crippen LogP contribution is -2.17. The van der Waals surface area contributed by atoms with Gasteiger partial charge in [-0.2, -0.15) is 4.98 Å². The van der Waals surface area contributed by atoms with E-state index in [4.69, 9.17) is 27.2 Å². The van der Waals surface area contributed by atoms with Gasteiger partial charge in [0.15, 0.2) is 0 Å². The quantitative estimate of drug-likeness (QED) is 0.398. The highest BCUT2D eigenvalue weighted by atomic mass is 35.5. The third-order valence-electron chi connectivity index (χ3n) is 4.12. The van der Waals surface area contributed by atoms with Gasteiger partial charge in [0.25, 0.3) is 6.47 Å². The Kier molecular flexibility index (Phi) is 6.64. The molecule has 1 fully saturated rings. The smallest absolute Gasteiger partial charge is 0.290 e. The van der Waals surface area contributed by atoms with Crippen LogP contribution in [0.15, 0.2) is 17.5 Å². The zero-order chi connectivity index (χ0) is 19.4. The predicted octanol–water partition coefficient (Wildman–Crippen LogP) is 4.49. The van der Waals surface area contributed by atoms with Gasteiger partial charge in [0.1, 0.15) is 5.82 Å². The number of nitrogens with zero attached hydrogens (tertiary/aromatic N) is 2. The van der Waals surface area contributed by atoms with Crippen molar-refractivity contribution in [3.8, 4) is 0 Å². The molecule has 4 rings (SSSR count). The third kappa shape index (κ3) is 4.95. The highest BCUT2D eigenvalue weighted by molar-refractivity contribution is 7.19. The second-order valence-corrected chi connectivity index (χ2v) is 8.93. The Hall–Kier alpha value is -1.74. The van der Waals surface area contributed by atoms with E-state index in [9.17, 15) is 0 Å². The lowest BCUT2D eigenvalue weighted by atomic mass is 10.1. The van der Waals surface area contributed by atoms with E-state index >= 15 is 0 Å². The van der Waals surface area contributed by atoms with E-state index in [0.29, 0.717) is 11.2 Å². The second-order valence-electron chi connectivity index (χ2n) is 6.45. The summed E-state index contributed by atoms with van der Waals surface area (Å²) in [4.78, 5) is 20.0. The molecule has 1 atom stereocenters. The molecule has 0 radical (unpaired) electrons. The molecule has 0 amide bonds. The summed E-state index contributed by atoms with van der Waals surface area (Å²) in [6.45, 7) is 2.55. The summed E-state index contributed by atoms with van der Waals surface area (Å²) >= 11 is 9.72. The maximum atomic E-state index is 8.36. The number of hydrogen-bond donors (Lipinski definition) is 3. The van der Waals surface area contributed by atoms with Crippen LogP contribution in [0.4, 0.5) is 5.82 Å². The number of carboxylic acid groups (broad SMARTS) is 1. The summed E-state index contributed by atoms with van der Waals surface area (Å²) in [5.41, 5.74) is 8.43. The fourth-order valence-corrected chi connectivity index (χ4v) is 5.20. The van der Waals surface area contributed by atoms with E-state index in [-0.39, 0.29) is 12.5 Å². The zero-order valence-corrected chi connectivity index (χ0v) is 17.2. The first-order valence-electron chi connectivity index (χ1n) is 8.62. The zero-order valence-electron chi connectivity index (χ0n) is 14.8. The van der Waals surface area contributed by atoms with E-state index < -0.39 is 0 Å². The Balaban J connectivity index is 0.000000659. The van der Waals surface area contributed by atoms with Crippen LogP contribution in [0.5, 0.6) is 0 Å². The number of nitrogens with one attached hydrogen (secondary N) is 1. The van der Waals surface area contributed by atoms with Gasteiger partial charge in [-0.15, -0.1) is 22.7 Å². The van der Waals surface area contributed by atoms with E-state index in [0.717, 1.165) is 29.0 Å². The first kappa shape index (κ1) is 20.0. The number of aromatic nitrogens is 2. The molecule has 0 spiro atoms. The average Bonchev–Trinajstić information content (AvgIpc) is 3.17. The average molecular weight is 425 g/mol. The summed E-state index contributed by atoms with van der Waals surface area (Å²) in [7, 11) is 0. The van der Waals surface area contributed by atoms with Gasteiger partial charge in [0, 0.05) is 15.8 Å². The number of hydrogen-bond acceptors (Lipinski definition) is 7. The molecule has 3 heterocycles. The molecule has 144 valence electrons. The van der Waals surface area contributed by atoms with Gasteiger partial charge in [-0.25, -0.2) is 4.98 Å². The standard InChI is InChI=1S/C17H19ClN4S2.CH2O2/c1-9(19)7-12-13(10-4-5-10)14-15(24-12)16(22-17(18)21-14)20-8-11-3-2-6-23-11;2-1-3/h2-3,6,9-10H,4-5,7-8,19H2,1H3,(H,20,21,22);1H,(H,2,3)/t9-;/m0./s1. The molecule has 27 heavy (non-hydrogen) atoms. The molecule has 9 heteroatoms. The lowest BCUT2D eigenvalue weighted by Gasteiger charge is -2.06. The summed E-state index contributed by atoms with van der Waals surface area (Å²) in [6, 6.07) is 4.31. The van der Waals surface area contributed by atoms with Crippen LogP contribution in [0.25, 0.3) is 10.2 Å². The molecule has 3 aromatic heterocycles. The van der Waals surface area contributed by atoms with Gasteiger partial charge in [-0.3, -0.25) is 4.79 Å². The fraction of sp³-hybridized carbons (Fsp3) is 0.389. The molecule has 0 saturated heterocycles. The van der Waals surface area contributed by atoms with Crippen molar-refractivity contribution < 1.29 is 9.90 Å². The summed E-state index contributed by atoms with van der Waals surface area (Å²) < 4.78 is 1.11. The Morgan fingerprint density at radius 2 is 2.22 bits per heavy atom. The normalized spacial score (nSPS) is 14.5. The minimum Gasteiger partial charge on any atom is -0.483 e. The van der Waals surface area contributed by atoms with Gasteiger partial charge < -0.3 is 16.2 Å². The molecule has 0 bridgehead atoms. The van der Waals surface area contributed by atoms with Crippen LogP contribution in [0.2, 0.25) is 5.28 Å². The molecule has 0 aliphatic heterocycles. The molecular weight excluding hydrogens is 404 g/mol. The summed E-state index contributed by atoms with van der Waals surface area (Å²) in [5, 5.41) is 12.7. The summed E-state index contributed by atoms with van der Waals surface area (Å²) in [6.07, 6.45) is 3.35. The Labute approximate surface area is 170 Å². The van der Waals surface area contributed by atoms with Crippen molar-refractivity contribution in [1.29, 1.82) is 0 Å². The number of fused-ring (bicyclic) bond motifs is 1. The van der Waals surface area contributed by atoms with Crippen LogP contribution in [0.3, 0.4) is 0 Å². The van der Waals surface area contributed by atoms with E-state index in [1.165, 1.54) is 28.2 Å². The van der Waals surface area contributed by atoms with Crippen LogP contribution in [-0.4, -0.2) is 27.6 Å². The fourth-order valence-electron chi connectivity index (χ4n) is 2.95. The molecule has 4 N–H and O–H groups in total. The number of nitrogens with two attached hydrogens (primary N) is 1. The van der Waals surface area contributed by atoms with Crippen LogP contribution >= 0.6 is 34.3 Å². The molecule has 0 unspecified atom stereocenters. The molecule has 0 aromatic carbocycles. The number of rotatable bonds is 6. The van der Waals surface area contributed by atoms with Crippen LogP contribution in [0.1, 0.15) is 41.0 Å². The highest BCUT2D eigenvalue weighted by Crippen LogP contribution is 2.49. The Morgan fingerprint density at radius 1 is 1.48 bits per heavy atom. The molecule has 6 nitrogen and oxygen atoms in total. The van der Waals surface area contributed by atoms with Gasteiger partial charge >= 0.3 is 0 Å². The van der Waals surface area contributed by atoms with Crippen molar-refractivity contribution in [2.45, 2.75) is 44.7 Å². The van der Waals surface area contributed by atoms with Gasteiger partial charge in [0.2, 0.25) is 5.28 Å². The number of thiophene rings is 2. The van der Waals surface area contributed by atoms with E-state index in [1.807, 2.05) is 0 Å². The number of halogens is 1. The van der Waals surface area contributed by atoms with Crippen molar-refractivity contribution >= 4 is 56.8 Å². The van der Waals surface area contributed by atoms with Gasteiger partial charge in [0.05, 0.1) is 16.8 Å². The number of anilines is 1. The maximum absolute atomic E-state index is 8.36. The molecule has 3 aromatic rings. The van der Waals surface area contributed by atoms with E-state index in [1.54, 1.807) is 22.7 Å². The molecular formula is C18H21ClN4O2S2. The first-order valence-corrected chi connectivity index (χ1v) is 10.7. The van der Waals surface area contributed by atoms with Crippen LogP contribution in [0, 0.1) is 0 Å². The monoisotopic (exact) mass is 424 g/mol. The minimum atomic E-state index is -0.250. The van der Waals surface area contributed by atoms with Crippen molar-refractivity contribution in [3.63, 3.8) is 0 Å². The van der Waals surface area contributed by atoms with Crippen molar-refractivity contribution in [2.75, 3.05) is 5.32 Å². The van der Waals surface area contributed by atoms with Crippen molar-refractivity contribution in [1.82, 2.24) is 9.97 Å². The van der Waals surface area contributed by atoms with Gasteiger partial charge in [-0.1, -0.05) is 6.07 Å². The first-order chi connectivity index (χ1) is 13.0. The van der Waals surface area contributed by atoms with Crippen molar-refractivity contribution in [2.24, 2.45) is 5.73 Å². The topological polar surface area (TPSA) is 101 Å². The molecule has 1 aliphatic carbocycles. The lowest BCUT2D eigenvalue weighted by molar-refractivity contribution is -0.122.